The Morgan fingerprint density at radius 2 is 1.75 bits per heavy atom. The molecule has 0 unspecified atom stereocenters. The van der Waals surface area contributed by atoms with Crippen molar-refractivity contribution in [3.05, 3.63) is 23.8 Å². The normalized spacial score (nSPS) is 11.3. The van der Waals surface area contributed by atoms with Crippen molar-refractivity contribution < 1.29 is 14.7 Å². The summed E-state index contributed by atoms with van der Waals surface area (Å²) in [5, 5.41) is 11.7. The Balaban J connectivity index is 2.78. The fourth-order valence-electron chi connectivity index (χ4n) is 1.39. The highest BCUT2D eigenvalue weighted by Gasteiger charge is 2.02. The van der Waals surface area contributed by atoms with Gasteiger partial charge in [0.05, 0.1) is 19.9 Å². The molecule has 1 aromatic carbocycles. The Morgan fingerprint density at radius 1 is 1.19 bits per heavy atom. The van der Waals surface area contributed by atoms with Crippen LogP contribution in [0.2, 0.25) is 0 Å². The monoisotopic (exact) mass is 223 g/mol. The zero-order valence-electron chi connectivity index (χ0n) is 9.86. The summed E-state index contributed by atoms with van der Waals surface area (Å²) in [6.07, 6.45) is 1.51. The number of nitrogens with zero attached hydrogens (tertiary/aromatic N) is 1. The van der Waals surface area contributed by atoms with Gasteiger partial charge in [-0.2, -0.15) is 0 Å². The summed E-state index contributed by atoms with van der Waals surface area (Å²) >= 11 is 0. The second-order valence-electron chi connectivity index (χ2n) is 3.56. The van der Waals surface area contributed by atoms with E-state index in [4.69, 9.17) is 14.7 Å². The predicted molar refractivity (Wildman–Crippen MR) is 62.8 cm³/mol. The minimum absolute atomic E-state index is 0.710. The number of methoxy groups -OCH3 is 2. The van der Waals surface area contributed by atoms with E-state index in [0.717, 1.165) is 23.5 Å². The van der Waals surface area contributed by atoms with Crippen LogP contribution in [-0.4, -0.2) is 25.1 Å². The number of rotatable bonds is 5. The topological polar surface area (TPSA) is 51.0 Å². The largest absolute Gasteiger partial charge is 0.497 e. The van der Waals surface area contributed by atoms with Gasteiger partial charge in [-0.05, 0) is 37.5 Å². The van der Waals surface area contributed by atoms with E-state index in [1.807, 2.05) is 18.2 Å². The summed E-state index contributed by atoms with van der Waals surface area (Å²) in [6, 6.07) is 5.73. The van der Waals surface area contributed by atoms with Crippen LogP contribution in [-0.2, 0) is 6.42 Å². The van der Waals surface area contributed by atoms with Crippen LogP contribution in [0.15, 0.2) is 23.4 Å². The first-order valence-electron chi connectivity index (χ1n) is 5.09. The minimum atomic E-state index is 0.710. The molecule has 0 amide bonds. The number of benzene rings is 1. The standard InChI is InChI=1S/C12H17NO3/c1-9(13-14)4-5-10-6-11(15-2)8-12(7-10)16-3/h6-8,14H,4-5H2,1-3H3/b13-9+. The molecule has 16 heavy (non-hydrogen) atoms. The molecule has 4 heteroatoms. The maximum atomic E-state index is 8.55. The van der Waals surface area contributed by atoms with Crippen molar-refractivity contribution in [3.63, 3.8) is 0 Å². The molecule has 0 spiro atoms. The molecule has 0 aliphatic heterocycles. The molecule has 0 heterocycles. The third kappa shape index (κ3) is 3.46. The molecule has 0 bridgehead atoms. The van der Waals surface area contributed by atoms with Gasteiger partial charge in [0.1, 0.15) is 11.5 Å². The number of ether oxygens (including phenoxy) is 2. The number of hydrogen-bond acceptors (Lipinski definition) is 4. The highest BCUT2D eigenvalue weighted by Crippen LogP contribution is 2.23. The minimum Gasteiger partial charge on any atom is -0.497 e. The van der Waals surface area contributed by atoms with E-state index in [0.29, 0.717) is 12.1 Å². The summed E-state index contributed by atoms with van der Waals surface area (Å²) in [5.74, 6) is 1.54. The van der Waals surface area contributed by atoms with Gasteiger partial charge in [0.2, 0.25) is 0 Å². The molecule has 0 aliphatic carbocycles. The van der Waals surface area contributed by atoms with Crippen LogP contribution >= 0.6 is 0 Å². The molecular formula is C12H17NO3. The van der Waals surface area contributed by atoms with E-state index in [-0.39, 0.29) is 0 Å². The molecule has 0 saturated carbocycles. The van der Waals surface area contributed by atoms with Gasteiger partial charge in [0.15, 0.2) is 0 Å². The van der Waals surface area contributed by atoms with Crippen molar-refractivity contribution in [2.75, 3.05) is 14.2 Å². The summed E-state index contributed by atoms with van der Waals surface area (Å²) in [7, 11) is 3.25. The molecule has 0 saturated heterocycles. The fraction of sp³-hybridized carbons (Fsp3) is 0.417. The summed E-state index contributed by atoms with van der Waals surface area (Å²) in [6.45, 7) is 1.79. The van der Waals surface area contributed by atoms with Crippen molar-refractivity contribution >= 4 is 5.71 Å². The van der Waals surface area contributed by atoms with Crippen LogP contribution in [0, 0.1) is 0 Å². The highest BCUT2D eigenvalue weighted by molar-refractivity contribution is 5.81. The third-order valence-electron chi connectivity index (χ3n) is 2.36. The average molecular weight is 223 g/mol. The fourth-order valence-corrected chi connectivity index (χ4v) is 1.39. The molecule has 4 nitrogen and oxygen atoms in total. The van der Waals surface area contributed by atoms with E-state index in [1.165, 1.54) is 0 Å². The Hall–Kier alpha value is -1.71. The van der Waals surface area contributed by atoms with E-state index in [1.54, 1.807) is 21.1 Å². The van der Waals surface area contributed by atoms with E-state index in [9.17, 15) is 0 Å². The zero-order chi connectivity index (χ0) is 12.0. The van der Waals surface area contributed by atoms with Crippen LogP contribution < -0.4 is 9.47 Å². The number of hydrogen-bond donors (Lipinski definition) is 1. The van der Waals surface area contributed by atoms with Gasteiger partial charge in [-0.3, -0.25) is 0 Å². The molecule has 88 valence electrons. The molecule has 1 N–H and O–H groups in total. The lowest BCUT2D eigenvalue weighted by Gasteiger charge is -2.08. The van der Waals surface area contributed by atoms with Crippen LogP contribution in [0.5, 0.6) is 11.5 Å². The van der Waals surface area contributed by atoms with Crippen molar-refractivity contribution in [3.8, 4) is 11.5 Å². The van der Waals surface area contributed by atoms with E-state index >= 15 is 0 Å². The zero-order valence-corrected chi connectivity index (χ0v) is 9.86. The van der Waals surface area contributed by atoms with Crippen LogP contribution in [0.4, 0.5) is 0 Å². The summed E-state index contributed by atoms with van der Waals surface area (Å²) < 4.78 is 10.3. The summed E-state index contributed by atoms with van der Waals surface area (Å²) in [4.78, 5) is 0. The van der Waals surface area contributed by atoms with Crippen molar-refractivity contribution in [1.29, 1.82) is 0 Å². The smallest absolute Gasteiger partial charge is 0.122 e. The molecule has 0 aliphatic rings. The van der Waals surface area contributed by atoms with Gasteiger partial charge in [0, 0.05) is 6.07 Å². The van der Waals surface area contributed by atoms with Crippen LogP contribution in [0.3, 0.4) is 0 Å². The first kappa shape index (κ1) is 12.4. The lowest BCUT2D eigenvalue weighted by molar-refractivity contribution is 0.317. The average Bonchev–Trinajstić information content (AvgIpc) is 2.35. The first-order valence-corrected chi connectivity index (χ1v) is 5.09. The van der Waals surface area contributed by atoms with Gasteiger partial charge in [-0.1, -0.05) is 5.16 Å². The second kappa shape index (κ2) is 6.00. The van der Waals surface area contributed by atoms with Crippen molar-refractivity contribution in [2.45, 2.75) is 19.8 Å². The molecular weight excluding hydrogens is 206 g/mol. The third-order valence-corrected chi connectivity index (χ3v) is 2.36. The van der Waals surface area contributed by atoms with Crippen molar-refractivity contribution in [2.24, 2.45) is 5.16 Å². The Kier molecular flexibility index (Phi) is 4.64. The van der Waals surface area contributed by atoms with E-state index < -0.39 is 0 Å². The number of aryl methyl sites for hydroxylation is 1. The van der Waals surface area contributed by atoms with Crippen LogP contribution in [0.1, 0.15) is 18.9 Å². The highest BCUT2D eigenvalue weighted by atomic mass is 16.5. The maximum Gasteiger partial charge on any atom is 0.122 e. The Labute approximate surface area is 95.5 Å². The van der Waals surface area contributed by atoms with E-state index in [2.05, 4.69) is 5.16 Å². The lowest BCUT2D eigenvalue weighted by atomic mass is 10.1. The number of oxime groups is 1. The molecule has 0 atom stereocenters. The Bertz CT molecular complexity index is 352. The van der Waals surface area contributed by atoms with Gasteiger partial charge >= 0.3 is 0 Å². The summed E-state index contributed by atoms with van der Waals surface area (Å²) in [5.41, 5.74) is 1.81. The van der Waals surface area contributed by atoms with Gasteiger partial charge in [0.25, 0.3) is 0 Å². The molecule has 1 aromatic rings. The Morgan fingerprint density at radius 3 is 2.19 bits per heavy atom. The van der Waals surface area contributed by atoms with Crippen LogP contribution in [0.25, 0.3) is 0 Å². The quantitative estimate of drug-likeness (QED) is 0.474. The molecule has 0 aromatic heterocycles. The van der Waals surface area contributed by atoms with Crippen molar-refractivity contribution in [1.82, 2.24) is 0 Å². The first-order chi connectivity index (χ1) is 7.69. The predicted octanol–water partition coefficient (Wildman–Crippen LogP) is 2.49. The molecule has 1 rings (SSSR count). The van der Waals surface area contributed by atoms with Gasteiger partial charge < -0.3 is 14.7 Å². The maximum absolute atomic E-state index is 8.55. The SMILES string of the molecule is COc1cc(CC/C(C)=N/O)cc(OC)c1. The second-order valence-corrected chi connectivity index (χ2v) is 3.56. The van der Waals surface area contributed by atoms with Gasteiger partial charge in [-0.15, -0.1) is 0 Å². The van der Waals surface area contributed by atoms with Gasteiger partial charge in [-0.25, -0.2) is 0 Å². The lowest BCUT2D eigenvalue weighted by Crippen LogP contribution is -1.96. The molecule has 0 fully saturated rings. The molecule has 0 radical (unpaired) electrons.